The van der Waals surface area contributed by atoms with E-state index in [4.69, 9.17) is 16.3 Å². The molecule has 196 valence electrons. The van der Waals surface area contributed by atoms with Gasteiger partial charge in [-0.2, -0.15) is 4.31 Å². The van der Waals surface area contributed by atoms with Crippen molar-refractivity contribution in [3.63, 3.8) is 0 Å². The van der Waals surface area contributed by atoms with Gasteiger partial charge in [-0.3, -0.25) is 9.52 Å². The minimum atomic E-state index is -3.91. The van der Waals surface area contributed by atoms with Crippen LogP contribution in [0.25, 0.3) is 0 Å². The molecule has 1 heterocycles. The Morgan fingerprint density at radius 3 is 2.24 bits per heavy atom. The number of carbonyl (C=O) groups is 1. The van der Waals surface area contributed by atoms with Crippen molar-refractivity contribution in [1.82, 2.24) is 4.31 Å². The number of benzene rings is 3. The van der Waals surface area contributed by atoms with Gasteiger partial charge in [-0.1, -0.05) is 29.3 Å². The summed E-state index contributed by atoms with van der Waals surface area (Å²) in [6, 6.07) is 15.1. The molecule has 0 atom stereocenters. The number of carbonyl (C=O) groups excluding carboxylic acids is 1. The molecule has 1 fully saturated rings. The lowest BCUT2D eigenvalue weighted by Gasteiger charge is -2.26. The standard InChI is InChI=1S/C25H26ClN3O6S2/c1-17-3-10-23(18(2)15-17)28-36(31,32)21-7-5-20(6-8-21)27-25(30)19-4-9-22(26)24(16-19)37(33,34)29-11-13-35-14-12-29/h3-10,15-16,28H,11-14H2,1-2H3,(H,27,30). The van der Waals surface area contributed by atoms with Crippen LogP contribution in [-0.2, 0) is 24.8 Å². The minimum absolute atomic E-state index is 0.00825. The van der Waals surface area contributed by atoms with Gasteiger partial charge >= 0.3 is 0 Å². The summed E-state index contributed by atoms with van der Waals surface area (Å²) in [6.07, 6.45) is 0. The van der Waals surface area contributed by atoms with E-state index in [9.17, 15) is 21.6 Å². The number of nitrogens with zero attached hydrogens (tertiary/aromatic N) is 1. The number of sulfonamides is 2. The van der Waals surface area contributed by atoms with E-state index in [0.29, 0.717) is 11.4 Å². The number of ether oxygens (including phenoxy) is 1. The lowest BCUT2D eigenvalue weighted by Crippen LogP contribution is -2.40. The van der Waals surface area contributed by atoms with Crippen molar-refractivity contribution in [3.8, 4) is 0 Å². The third-order valence-corrected chi connectivity index (χ3v) is 9.59. The average Bonchev–Trinajstić information content (AvgIpc) is 2.86. The fraction of sp³-hybridized carbons (Fsp3) is 0.240. The monoisotopic (exact) mass is 563 g/mol. The maximum absolute atomic E-state index is 13.0. The molecule has 37 heavy (non-hydrogen) atoms. The molecule has 0 bridgehead atoms. The Kier molecular flexibility index (Phi) is 7.91. The second kappa shape index (κ2) is 10.8. The van der Waals surface area contributed by atoms with Crippen LogP contribution < -0.4 is 10.0 Å². The first-order chi connectivity index (χ1) is 17.5. The van der Waals surface area contributed by atoms with Crippen molar-refractivity contribution in [1.29, 1.82) is 0 Å². The molecule has 3 aromatic rings. The first-order valence-electron chi connectivity index (χ1n) is 11.4. The van der Waals surface area contributed by atoms with Crippen molar-refractivity contribution in [2.45, 2.75) is 23.6 Å². The van der Waals surface area contributed by atoms with E-state index >= 15 is 0 Å². The van der Waals surface area contributed by atoms with Crippen molar-refractivity contribution in [2.75, 3.05) is 36.3 Å². The van der Waals surface area contributed by atoms with Gasteiger partial charge in [-0.15, -0.1) is 0 Å². The van der Waals surface area contributed by atoms with Gasteiger partial charge in [-0.05, 0) is 67.9 Å². The molecule has 1 aliphatic rings. The van der Waals surface area contributed by atoms with Crippen LogP contribution in [0, 0.1) is 13.8 Å². The van der Waals surface area contributed by atoms with Crippen molar-refractivity contribution in [2.24, 2.45) is 0 Å². The molecule has 0 radical (unpaired) electrons. The highest BCUT2D eigenvalue weighted by Crippen LogP contribution is 2.27. The van der Waals surface area contributed by atoms with Gasteiger partial charge in [0, 0.05) is 24.3 Å². The van der Waals surface area contributed by atoms with Gasteiger partial charge in [0.25, 0.3) is 15.9 Å². The Balaban J connectivity index is 1.50. The number of anilines is 2. The summed E-state index contributed by atoms with van der Waals surface area (Å²) in [5, 5.41) is 2.66. The van der Waals surface area contributed by atoms with E-state index in [1.807, 2.05) is 26.0 Å². The van der Waals surface area contributed by atoms with E-state index < -0.39 is 26.0 Å². The van der Waals surface area contributed by atoms with E-state index in [1.54, 1.807) is 6.07 Å². The fourth-order valence-electron chi connectivity index (χ4n) is 3.82. The molecule has 0 saturated carbocycles. The molecular weight excluding hydrogens is 538 g/mol. The summed E-state index contributed by atoms with van der Waals surface area (Å²) in [5.74, 6) is -0.570. The molecule has 1 amide bonds. The van der Waals surface area contributed by atoms with Crippen molar-refractivity contribution < 1.29 is 26.4 Å². The SMILES string of the molecule is Cc1ccc(NS(=O)(=O)c2ccc(NC(=O)c3ccc(Cl)c(S(=O)(=O)N4CCOCC4)c3)cc2)c(C)c1. The van der Waals surface area contributed by atoms with Crippen LogP contribution >= 0.6 is 11.6 Å². The van der Waals surface area contributed by atoms with Crippen LogP contribution in [0.1, 0.15) is 21.5 Å². The topological polar surface area (TPSA) is 122 Å². The number of hydrogen-bond donors (Lipinski definition) is 2. The average molecular weight is 564 g/mol. The molecule has 0 aromatic heterocycles. The molecule has 1 saturated heterocycles. The third-order valence-electron chi connectivity index (χ3n) is 5.83. The Labute approximate surface area is 221 Å². The van der Waals surface area contributed by atoms with Crippen molar-refractivity contribution in [3.05, 3.63) is 82.4 Å². The summed E-state index contributed by atoms with van der Waals surface area (Å²) >= 11 is 6.17. The quantitative estimate of drug-likeness (QED) is 0.447. The van der Waals surface area contributed by atoms with Crippen LogP contribution in [0.2, 0.25) is 5.02 Å². The van der Waals surface area contributed by atoms with Gasteiger partial charge in [0.2, 0.25) is 10.0 Å². The summed E-state index contributed by atoms with van der Waals surface area (Å²) < 4.78 is 60.7. The Hall–Kier alpha value is -2.96. The Morgan fingerprint density at radius 2 is 1.59 bits per heavy atom. The van der Waals surface area contributed by atoms with Crippen molar-refractivity contribution >= 4 is 48.9 Å². The zero-order chi connectivity index (χ0) is 26.8. The number of rotatable bonds is 7. The summed E-state index contributed by atoms with van der Waals surface area (Å²) in [5.41, 5.74) is 2.72. The van der Waals surface area contributed by atoms with Gasteiger partial charge in [0.15, 0.2) is 0 Å². The summed E-state index contributed by atoms with van der Waals surface area (Å²) in [6.45, 7) is 4.70. The van der Waals surface area contributed by atoms with Gasteiger partial charge in [0.1, 0.15) is 4.90 Å². The zero-order valence-corrected chi connectivity index (χ0v) is 22.6. The molecule has 1 aliphatic heterocycles. The lowest BCUT2D eigenvalue weighted by molar-refractivity contribution is 0.0730. The molecule has 0 aliphatic carbocycles. The highest BCUT2D eigenvalue weighted by molar-refractivity contribution is 7.92. The number of amides is 1. The number of halogens is 1. The molecular formula is C25H26ClN3O6S2. The highest BCUT2D eigenvalue weighted by atomic mass is 35.5. The second-order valence-corrected chi connectivity index (χ2v) is 12.6. The number of nitrogens with one attached hydrogen (secondary N) is 2. The number of morpholine rings is 1. The molecule has 9 nitrogen and oxygen atoms in total. The maximum atomic E-state index is 13.0. The number of hydrogen-bond acceptors (Lipinski definition) is 6. The molecule has 0 unspecified atom stereocenters. The van der Waals surface area contributed by atoms with E-state index in [0.717, 1.165) is 11.1 Å². The van der Waals surface area contributed by atoms with Crippen LogP contribution in [0.4, 0.5) is 11.4 Å². The van der Waals surface area contributed by atoms with Gasteiger partial charge < -0.3 is 10.1 Å². The maximum Gasteiger partial charge on any atom is 0.261 e. The Bertz CT molecular complexity index is 1540. The van der Waals surface area contributed by atoms with E-state index in [1.165, 1.54) is 46.8 Å². The minimum Gasteiger partial charge on any atom is -0.379 e. The molecule has 4 rings (SSSR count). The first-order valence-corrected chi connectivity index (χ1v) is 14.7. The van der Waals surface area contributed by atoms with Crippen LogP contribution in [0.15, 0.2) is 70.5 Å². The second-order valence-electron chi connectivity index (χ2n) is 8.56. The first kappa shape index (κ1) is 27.1. The molecule has 12 heteroatoms. The van der Waals surface area contributed by atoms with Gasteiger partial charge in [-0.25, -0.2) is 16.8 Å². The van der Waals surface area contributed by atoms with E-state index in [-0.39, 0.29) is 46.7 Å². The summed E-state index contributed by atoms with van der Waals surface area (Å²) in [4.78, 5) is 12.7. The van der Waals surface area contributed by atoms with E-state index in [2.05, 4.69) is 10.0 Å². The summed E-state index contributed by atoms with van der Waals surface area (Å²) in [7, 11) is -7.75. The van der Waals surface area contributed by atoms with Crippen LogP contribution in [0.3, 0.4) is 0 Å². The third kappa shape index (κ3) is 6.13. The highest BCUT2D eigenvalue weighted by Gasteiger charge is 2.29. The van der Waals surface area contributed by atoms with Gasteiger partial charge in [0.05, 0.1) is 28.8 Å². The predicted molar refractivity (Wildman–Crippen MR) is 142 cm³/mol. The molecule has 0 spiro atoms. The Morgan fingerprint density at radius 1 is 0.919 bits per heavy atom. The normalized spacial score (nSPS) is 14.8. The predicted octanol–water partition coefficient (Wildman–Crippen LogP) is 4.03. The molecule has 2 N–H and O–H groups in total. The largest absolute Gasteiger partial charge is 0.379 e. The zero-order valence-electron chi connectivity index (χ0n) is 20.2. The van der Waals surface area contributed by atoms with Crippen LogP contribution in [0.5, 0.6) is 0 Å². The molecule has 3 aromatic carbocycles. The fourth-order valence-corrected chi connectivity index (χ4v) is 6.86. The number of aryl methyl sites for hydroxylation is 2. The van der Waals surface area contributed by atoms with Crippen LogP contribution in [-0.4, -0.2) is 53.4 Å². The smallest absolute Gasteiger partial charge is 0.261 e. The lowest BCUT2D eigenvalue weighted by atomic mass is 10.1.